The van der Waals surface area contributed by atoms with E-state index >= 15 is 0 Å². The number of carbonyl (C=O) groups excluding carboxylic acids is 1. The second-order valence-corrected chi connectivity index (χ2v) is 5.77. The third-order valence-corrected chi connectivity index (χ3v) is 3.42. The second kappa shape index (κ2) is 5.00. The summed E-state index contributed by atoms with van der Waals surface area (Å²) in [5.74, 6) is 0. The Labute approximate surface area is 80.4 Å². The summed E-state index contributed by atoms with van der Waals surface area (Å²) in [4.78, 5) is 9.46. The minimum Gasteiger partial charge on any atom is -0.450 e. The van der Waals surface area contributed by atoms with Crippen LogP contribution in [0.5, 0.6) is 0 Å². The molecule has 0 atom stereocenters. The van der Waals surface area contributed by atoms with E-state index in [2.05, 4.69) is 0 Å². The number of hydrogen-bond donors (Lipinski definition) is 0. The maximum atomic E-state index is 10.0. The van der Waals surface area contributed by atoms with E-state index in [-0.39, 0.29) is 0 Å². The summed E-state index contributed by atoms with van der Waals surface area (Å²) in [6, 6.07) is 0. The van der Waals surface area contributed by atoms with Crippen LogP contribution < -0.4 is 0 Å². The van der Waals surface area contributed by atoms with Gasteiger partial charge in [0.05, 0.1) is 0 Å². The van der Waals surface area contributed by atoms with E-state index in [0.717, 1.165) is 3.53 Å². The Balaban J connectivity index is 3.89. The number of rotatable bonds is 3. The highest BCUT2D eigenvalue weighted by Crippen LogP contribution is 2.30. The quantitative estimate of drug-likeness (QED) is 0.404. The van der Waals surface area contributed by atoms with Crippen molar-refractivity contribution in [1.29, 1.82) is 0 Å². The van der Waals surface area contributed by atoms with Gasteiger partial charge in [-0.15, -0.1) is 11.8 Å². The topological polar surface area (TPSA) is 26.3 Å². The highest BCUT2D eigenvalue weighted by Gasteiger charge is 2.21. The van der Waals surface area contributed by atoms with E-state index in [1.807, 2.05) is 6.26 Å². The molecule has 0 amide bonds. The van der Waals surface area contributed by atoms with E-state index in [9.17, 15) is 4.79 Å². The van der Waals surface area contributed by atoms with Gasteiger partial charge in [-0.1, -0.05) is 24.0 Å². The summed E-state index contributed by atoms with van der Waals surface area (Å²) in [6.45, 7) is 4.04. The molecule has 11 heavy (non-hydrogen) atoms. The van der Waals surface area contributed by atoms with Crippen molar-refractivity contribution in [3.05, 3.63) is 0 Å². The minimum absolute atomic E-state index is 0.440. The Kier molecular flexibility index (Phi) is 5.12. The van der Waals surface area contributed by atoms with Crippen LogP contribution >= 0.6 is 35.7 Å². The fourth-order valence-corrected chi connectivity index (χ4v) is 2.41. The minimum atomic E-state index is -0.540. The summed E-state index contributed by atoms with van der Waals surface area (Å²) in [7, 11) is 0. The lowest BCUT2D eigenvalue weighted by atomic mass is 10.5. The molecule has 0 aliphatic carbocycles. The van der Waals surface area contributed by atoms with Crippen LogP contribution in [0, 0.1) is 0 Å². The average molecular weight is 210 g/mol. The van der Waals surface area contributed by atoms with Crippen molar-refractivity contribution in [2.75, 3.05) is 6.26 Å². The van der Waals surface area contributed by atoms with Gasteiger partial charge in [-0.05, 0) is 20.1 Å². The zero-order valence-corrected chi connectivity index (χ0v) is 9.07. The molecule has 5 heteroatoms. The molecule has 0 unspecified atom stereocenters. The Morgan fingerprint density at radius 3 is 2.55 bits per heavy atom. The van der Waals surface area contributed by atoms with Crippen LogP contribution in [0.25, 0.3) is 0 Å². The molecular weight excluding hydrogens is 200 g/mol. The van der Waals surface area contributed by atoms with Gasteiger partial charge in [0.25, 0.3) is 6.47 Å². The lowest BCUT2D eigenvalue weighted by molar-refractivity contribution is -0.133. The van der Waals surface area contributed by atoms with Crippen LogP contribution in [0.4, 0.5) is 0 Å². The highest BCUT2D eigenvalue weighted by molar-refractivity contribution is 8.47. The van der Waals surface area contributed by atoms with E-state index in [1.54, 1.807) is 13.8 Å². The number of thioether (sulfide) groups is 2. The summed E-state index contributed by atoms with van der Waals surface area (Å²) in [5, 5.41) is 0. The molecule has 64 valence electrons. The van der Waals surface area contributed by atoms with Crippen LogP contribution in [0.3, 0.4) is 0 Å². The second-order valence-electron chi connectivity index (χ2n) is 2.17. The first-order chi connectivity index (χ1) is 5.02. The fraction of sp³-hybridized carbons (Fsp3) is 0.667. The molecule has 0 aromatic rings. The molecule has 0 saturated heterocycles. The Hall–Kier alpha value is 0.260. The predicted octanol–water partition coefficient (Wildman–Crippen LogP) is 2.28. The number of thiocarbonyl (C=S) groups is 1. The van der Waals surface area contributed by atoms with Crippen molar-refractivity contribution in [2.24, 2.45) is 0 Å². The maximum absolute atomic E-state index is 10.0. The van der Waals surface area contributed by atoms with Crippen LogP contribution in [0.2, 0.25) is 0 Å². The van der Waals surface area contributed by atoms with Gasteiger partial charge in [0.1, 0.15) is 3.53 Å². The van der Waals surface area contributed by atoms with E-state index in [0.29, 0.717) is 6.47 Å². The molecular formula is C6H10O2S3. The Morgan fingerprint density at radius 2 is 2.18 bits per heavy atom. The first kappa shape index (κ1) is 11.3. The van der Waals surface area contributed by atoms with Crippen LogP contribution in [0.15, 0.2) is 0 Å². The average Bonchev–Trinajstić information content (AvgIpc) is 1.86. The van der Waals surface area contributed by atoms with Crippen molar-refractivity contribution >= 4 is 45.7 Å². The zero-order valence-electron chi connectivity index (χ0n) is 6.62. The molecule has 0 rings (SSSR count). The molecule has 0 aliphatic rings. The van der Waals surface area contributed by atoms with Gasteiger partial charge in [0.2, 0.25) is 0 Å². The molecule has 2 nitrogen and oxygen atoms in total. The molecule has 0 radical (unpaired) electrons. The standard InChI is InChI=1S/C6H10O2S3/c1-6(2,8-4-7)11-5(9)10-3/h4H,1-3H3. The Bertz CT molecular complexity index is 156. The largest absolute Gasteiger partial charge is 0.450 e. The van der Waals surface area contributed by atoms with Crippen LogP contribution in [-0.2, 0) is 9.53 Å². The molecule has 0 heterocycles. The summed E-state index contributed by atoms with van der Waals surface area (Å²) in [5.41, 5.74) is 0. The van der Waals surface area contributed by atoms with Gasteiger partial charge in [-0.2, -0.15) is 0 Å². The van der Waals surface area contributed by atoms with Gasteiger partial charge in [-0.3, -0.25) is 4.79 Å². The lowest BCUT2D eigenvalue weighted by Crippen LogP contribution is -2.19. The molecule has 0 aromatic carbocycles. The smallest absolute Gasteiger partial charge is 0.294 e. The SMILES string of the molecule is CSC(=S)SC(C)(C)OC=O. The van der Waals surface area contributed by atoms with Crippen LogP contribution in [0.1, 0.15) is 13.8 Å². The molecule has 0 saturated carbocycles. The monoisotopic (exact) mass is 210 g/mol. The van der Waals surface area contributed by atoms with Crippen molar-refractivity contribution in [2.45, 2.75) is 18.8 Å². The third kappa shape index (κ3) is 5.52. The maximum Gasteiger partial charge on any atom is 0.294 e. The zero-order chi connectivity index (χ0) is 8.91. The first-order valence-corrected chi connectivity index (χ1v) is 5.35. The molecule has 0 N–H and O–H groups in total. The summed E-state index contributed by atoms with van der Waals surface area (Å²) in [6.07, 6.45) is 1.90. The van der Waals surface area contributed by atoms with Gasteiger partial charge >= 0.3 is 0 Å². The van der Waals surface area contributed by atoms with Gasteiger partial charge < -0.3 is 4.74 Å². The number of hydrogen-bond acceptors (Lipinski definition) is 5. The molecule has 0 bridgehead atoms. The highest BCUT2D eigenvalue weighted by atomic mass is 32.2. The summed E-state index contributed by atoms with van der Waals surface area (Å²) < 4.78 is 5.56. The molecule has 0 aromatic heterocycles. The van der Waals surface area contributed by atoms with E-state index in [4.69, 9.17) is 17.0 Å². The van der Waals surface area contributed by atoms with Crippen molar-refractivity contribution in [3.8, 4) is 0 Å². The number of carbonyl (C=O) groups is 1. The predicted molar refractivity (Wildman–Crippen MR) is 54.9 cm³/mol. The van der Waals surface area contributed by atoms with E-state index in [1.165, 1.54) is 23.5 Å². The summed E-state index contributed by atoms with van der Waals surface area (Å²) >= 11 is 7.79. The normalized spacial score (nSPS) is 10.8. The van der Waals surface area contributed by atoms with Crippen LogP contribution in [-0.4, -0.2) is 21.2 Å². The van der Waals surface area contributed by atoms with E-state index < -0.39 is 4.93 Å². The lowest BCUT2D eigenvalue weighted by Gasteiger charge is -2.20. The number of ether oxygens (including phenoxy) is 1. The van der Waals surface area contributed by atoms with Gasteiger partial charge in [-0.25, -0.2) is 0 Å². The molecule has 0 aliphatic heterocycles. The van der Waals surface area contributed by atoms with Crippen molar-refractivity contribution in [1.82, 2.24) is 0 Å². The van der Waals surface area contributed by atoms with Gasteiger partial charge in [0, 0.05) is 0 Å². The van der Waals surface area contributed by atoms with Crippen molar-refractivity contribution < 1.29 is 9.53 Å². The van der Waals surface area contributed by atoms with Crippen molar-refractivity contribution in [3.63, 3.8) is 0 Å². The van der Waals surface area contributed by atoms with Gasteiger partial charge in [0.15, 0.2) is 4.93 Å². The molecule has 0 spiro atoms. The first-order valence-electron chi connectivity index (χ1n) is 2.90. The Morgan fingerprint density at radius 1 is 1.64 bits per heavy atom. The fourth-order valence-electron chi connectivity index (χ4n) is 0.382. The third-order valence-electron chi connectivity index (χ3n) is 0.828. The molecule has 0 fully saturated rings.